The topological polar surface area (TPSA) is 12.0 Å². The van der Waals surface area contributed by atoms with Crippen molar-refractivity contribution in [2.45, 2.75) is 19.1 Å². The molecule has 0 aliphatic heterocycles. The lowest BCUT2D eigenvalue weighted by molar-refractivity contribution is -0.144. The Balaban J connectivity index is 2.37. The number of alkyl halides is 3. The Morgan fingerprint density at radius 1 is 1.05 bits per heavy atom. The molecule has 0 spiro atoms. The van der Waals surface area contributed by atoms with Crippen LogP contribution in [-0.2, 0) is 0 Å². The molecule has 1 unspecified atom stereocenters. The number of benzene rings is 2. The van der Waals surface area contributed by atoms with Crippen molar-refractivity contribution in [2.24, 2.45) is 0 Å². The van der Waals surface area contributed by atoms with Gasteiger partial charge in [-0.2, -0.15) is 13.2 Å². The number of rotatable bonds is 3. The molecule has 0 aromatic heterocycles. The Hall–Kier alpha value is -1.49. The minimum Gasteiger partial charge on any atom is -0.369 e. The van der Waals surface area contributed by atoms with Crippen LogP contribution in [0.2, 0.25) is 0 Å². The van der Waals surface area contributed by atoms with E-state index in [0.717, 1.165) is 5.56 Å². The minimum atomic E-state index is -4.37. The molecule has 1 nitrogen and oxygen atoms in total. The van der Waals surface area contributed by atoms with Gasteiger partial charge < -0.3 is 5.32 Å². The molecular formula is C15H13BrF3N. The third-order valence-corrected chi connectivity index (χ3v) is 3.57. The number of hydrogen-bond donors (Lipinski definition) is 1. The van der Waals surface area contributed by atoms with Crippen molar-refractivity contribution < 1.29 is 13.2 Å². The maximum Gasteiger partial charge on any atom is 0.412 e. The molecule has 1 atom stereocenters. The first-order valence-electron chi connectivity index (χ1n) is 6.02. The van der Waals surface area contributed by atoms with Crippen LogP contribution in [-0.4, -0.2) is 6.18 Å². The van der Waals surface area contributed by atoms with Gasteiger partial charge in [-0.25, -0.2) is 0 Å². The second kappa shape index (κ2) is 5.87. The van der Waals surface area contributed by atoms with Crippen molar-refractivity contribution in [1.82, 2.24) is 0 Å². The molecular weight excluding hydrogens is 331 g/mol. The Bertz CT molecular complexity index is 581. The Labute approximate surface area is 123 Å². The molecule has 1 N–H and O–H groups in total. The van der Waals surface area contributed by atoms with E-state index in [2.05, 4.69) is 21.2 Å². The second-order valence-corrected chi connectivity index (χ2v) is 5.37. The predicted molar refractivity (Wildman–Crippen MR) is 77.7 cm³/mol. The van der Waals surface area contributed by atoms with Crippen LogP contribution >= 0.6 is 15.9 Å². The summed E-state index contributed by atoms with van der Waals surface area (Å²) < 4.78 is 40.3. The van der Waals surface area contributed by atoms with Crippen LogP contribution in [0.1, 0.15) is 17.2 Å². The van der Waals surface area contributed by atoms with E-state index in [1.165, 1.54) is 12.1 Å². The molecule has 2 rings (SSSR count). The molecule has 20 heavy (non-hydrogen) atoms. The Kier molecular flexibility index (Phi) is 4.38. The van der Waals surface area contributed by atoms with Crippen LogP contribution in [0.3, 0.4) is 0 Å². The number of hydrogen-bond acceptors (Lipinski definition) is 1. The minimum absolute atomic E-state index is 0.188. The first kappa shape index (κ1) is 14.9. The number of nitrogens with one attached hydrogen (secondary N) is 1. The molecule has 0 radical (unpaired) electrons. The van der Waals surface area contributed by atoms with E-state index in [1.54, 1.807) is 30.3 Å². The summed E-state index contributed by atoms with van der Waals surface area (Å²) >= 11 is 3.27. The van der Waals surface area contributed by atoms with Crippen LogP contribution in [0, 0.1) is 6.92 Å². The zero-order valence-corrected chi connectivity index (χ0v) is 12.3. The van der Waals surface area contributed by atoms with E-state index in [0.29, 0.717) is 10.2 Å². The van der Waals surface area contributed by atoms with E-state index in [1.807, 2.05) is 13.0 Å². The quantitative estimate of drug-likeness (QED) is 0.778. The van der Waals surface area contributed by atoms with Crippen LogP contribution in [0.25, 0.3) is 0 Å². The lowest BCUT2D eigenvalue weighted by atomic mass is 10.1. The lowest BCUT2D eigenvalue weighted by Gasteiger charge is -2.24. The van der Waals surface area contributed by atoms with E-state index in [-0.39, 0.29) is 5.56 Å². The molecule has 0 saturated heterocycles. The van der Waals surface area contributed by atoms with Gasteiger partial charge >= 0.3 is 6.18 Å². The molecule has 0 aliphatic rings. The number of halogens is 4. The molecule has 0 saturated carbocycles. The van der Waals surface area contributed by atoms with E-state index >= 15 is 0 Å². The van der Waals surface area contributed by atoms with E-state index in [4.69, 9.17) is 0 Å². The molecule has 2 aromatic rings. The standard InChI is InChI=1S/C15H13BrF3N/c1-10-7-8-12(16)13(9-10)20-14(15(17,18)19)11-5-3-2-4-6-11/h2-9,14,20H,1H3. The Morgan fingerprint density at radius 3 is 2.30 bits per heavy atom. The van der Waals surface area contributed by atoms with Crippen molar-refractivity contribution in [3.05, 3.63) is 64.1 Å². The van der Waals surface area contributed by atoms with Gasteiger partial charge in [0.05, 0.1) is 0 Å². The summed E-state index contributed by atoms with van der Waals surface area (Å²) in [7, 11) is 0. The molecule has 5 heteroatoms. The summed E-state index contributed by atoms with van der Waals surface area (Å²) in [4.78, 5) is 0. The van der Waals surface area contributed by atoms with Crippen LogP contribution < -0.4 is 5.32 Å². The van der Waals surface area contributed by atoms with Gasteiger partial charge in [-0.3, -0.25) is 0 Å². The van der Waals surface area contributed by atoms with Crippen molar-refractivity contribution in [3.63, 3.8) is 0 Å². The van der Waals surface area contributed by atoms with Gasteiger partial charge in [0.15, 0.2) is 0 Å². The van der Waals surface area contributed by atoms with Crippen molar-refractivity contribution in [1.29, 1.82) is 0 Å². The van der Waals surface area contributed by atoms with Crippen molar-refractivity contribution in [2.75, 3.05) is 5.32 Å². The summed E-state index contributed by atoms with van der Waals surface area (Å²) in [5.74, 6) is 0. The SMILES string of the molecule is Cc1ccc(Br)c(NC(c2ccccc2)C(F)(F)F)c1. The van der Waals surface area contributed by atoms with Crippen LogP contribution in [0.4, 0.5) is 18.9 Å². The first-order chi connectivity index (χ1) is 9.38. The fraction of sp³-hybridized carbons (Fsp3) is 0.200. The van der Waals surface area contributed by atoms with Crippen LogP contribution in [0.5, 0.6) is 0 Å². The summed E-state index contributed by atoms with van der Waals surface area (Å²) in [6, 6.07) is 11.3. The van der Waals surface area contributed by atoms with Gasteiger partial charge in [0.1, 0.15) is 6.04 Å². The average Bonchev–Trinajstić information content (AvgIpc) is 2.39. The average molecular weight is 344 g/mol. The van der Waals surface area contributed by atoms with Gasteiger partial charge in [0, 0.05) is 10.2 Å². The van der Waals surface area contributed by atoms with Crippen molar-refractivity contribution >= 4 is 21.6 Å². The van der Waals surface area contributed by atoms with Gasteiger partial charge in [-0.05, 0) is 46.1 Å². The van der Waals surface area contributed by atoms with Crippen molar-refractivity contribution in [3.8, 4) is 0 Å². The lowest BCUT2D eigenvalue weighted by Crippen LogP contribution is -2.28. The largest absolute Gasteiger partial charge is 0.412 e. The highest BCUT2D eigenvalue weighted by molar-refractivity contribution is 9.10. The van der Waals surface area contributed by atoms with Gasteiger partial charge in [-0.15, -0.1) is 0 Å². The monoisotopic (exact) mass is 343 g/mol. The molecule has 106 valence electrons. The molecule has 0 aliphatic carbocycles. The van der Waals surface area contributed by atoms with Gasteiger partial charge in [0.2, 0.25) is 0 Å². The van der Waals surface area contributed by atoms with E-state index < -0.39 is 12.2 Å². The summed E-state index contributed by atoms with van der Waals surface area (Å²) in [6.07, 6.45) is -4.37. The first-order valence-corrected chi connectivity index (χ1v) is 6.81. The van der Waals surface area contributed by atoms with E-state index in [9.17, 15) is 13.2 Å². The van der Waals surface area contributed by atoms with Gasteiger partial charge in [-0.1, -0.05) is 36.4 Å². The predicted octanol–water partition coefficient (Wildman–Crippen LogP) is 5.47. The molecule has 0 heterocycles. The molecule has 0 fully saturated rings. The smallest absolute Gasteiger partial charge is 0.369 e. The maximum absolute atomic E-state index is 13.2. The second-order valence-electron chi connectivity index (χ2n) is 4.51. The molecule has 2 aromatic carbocycles. The summed E-state index contributed by atoms with van der Waals surface area (Å²) in [6.45, 7) is 1.84. The van der Waals surface area contributed by atoms with Gasteiger partial charge in [0.25, 0.3) is 0 Å². The normalized spacial score (nSPS) is 13.1. The highest BCUT2D eigenvalue weighted by Gasteiger charge is 2.41. The molecule has 0 amide bonds. The summed E-state index contributed by atoms with van der Waals surface area (Å²) in [5.41, 5.74) is 1.51. The maximum atomic E-state index is 13.2. The number of aryl methyl sites for hydroxylation is 1. The van der Waals surface area contributed by atoms with Crippen LogP contribution in [0.15, 0.2) is 53.0 Å². The third-order valence-electron chi connectivity index (χ3n) is 2.88. The highest BCUT2D eigenvalue weighted by atomic mass is 79.9. The Morgan fingerprint density at radius 2 is 1.70 bits per heavy atom. The molecule has 0 bridgehead atoms. The zero-order chi connectivity index (χ0) is 14.8. The fourth-order valence-electron chi connectivity index (χ4n) is 1.90. The third kappa shape index (κ3) is 3.54. The zero-order valence-electron chi connectivity index (χ0n) is 10.7. The summed E-state index contributed by atoms with van der Waals surface area (Å²) in [5, 5.41) is 2.57. The fourth-order valence-corrected chi connectivity index (χ4v) is 2.27. The number of anilines is 1. The highest BCUT2D eigenvalue weighted by Crippen LogP contribution is 2.37.